The summed E-state index contributed by atoms with van der Waals surface area (Å²) in [5.74, 6) is -0.168. The number of carbonyl (C=O) groups excluding carboxylic acids is 1. The first kappa shape index (κ1) is 23.9. The number of H-pyrrole nitrogens is 2. The number of aromatic amines is 2. The number of nitrogens with one attached hydrogen (secondary N) is 2. The number of esters is 1. The maximum Gasteiger partial charge on any atom is 0.314 e. The minimum atomic E-state index is -3.79. The number of hydrogen-bond donors (Lipinski definition) is 2. The van der Waals surface area contributed by atoms with Crippen molar-refractivity contribution in [2.45, 2.75) is 37.0 Å². The maximum absolute atomic E-state index is 13.3. The molecule has 9 nitrogen and oxygen atoms in total. The molecule has 4 rings (SSSR count). The number of hydrogen-bond acceptors (Lipinski definition) is 6. The number of ether oxygens (including phenoxy) is 1. The Morgan fingerprint density at radius 2 is 1.68 bits per heavy atom. The van der Waals surface area contributed by atoms with Gasteiger partial charge in [0.2, 0.25) is 10.0 Å². The van der Waals surface area contributed by atoms with Crippen molar-refractivity contribution in [3.05, 3.63) is 74.8 Å². The molecule has 1 aliphatic heterocycles. The van der Waals surface area contributed by atoms with E-state index in [2.05, 4.69) is 9.97 Å². The van der Waals surface area contributed by atoms with E-state index in [0.29, 0.717) is 38.1 Å². The molecular weight excluding hydrogens is 458 g/mol. The van der Waals surface area contributed by atoms with Crippen LogP contribution in [0.15, 0.2) is 63.0 Å². The van der Waals surface area contributed by atoms with Crippen molar-refractivity contribution >= 4 is 27.0 Å². The van der Waals surface area contributed by atoms with Crippen LogP contribution in [0.2, 0.25) is 0 Å². The van der Waals surface area contributed by atoms with E-state index in [-0.39, 0.29) is 34.6 Å². The van der Waals surface area contributed by atoms with Gasteiger partial charge in [0.05, 0.1) is 29.0 Å². The van der Waals surface area contributed by atoms with E-state index < -0.39 is 21.1 Å². The molecular formula is C24H27N3O6S. The van der Waals surface area contributed by atoms with Crippen LogP contribution in [-0.2, 0) is 19.6 Å². The van der Waals surface area contributed by atoms with Crippen molar-refractivity contribution in [2.75, 3.05) is 19.7 Å². The number of fused-ring (bicyclic) bond motifs is 1. The van der Waals surface area contributed by atoms with Gasteiger partial charge < -0.3 is 14.7 Å². The molecule has 0 radical (unpaired) electrons. The first-order valence-corrected chi connectivity index (χ1v) is 12.7. The topological polar surface area (TPSA) is 129 Å². The molecule has 0 spiro atoms. The normalized spacial score (nSPS) is 16.4. The van der Waals surface area contributed by atoms with Crippen LogP contribution < -0.4 is 11.1 Å². The molecule has 10 heteroatoms. The molecule has 1 fully saturated rings. The lowest BCUT2D eigenvalue weighted by atomic mass is 9.78. The van der Waals surface area contributed by atoms with Gasteiger partial charge in [-0.15, -0.1) is 0 Å². The molecule has 1 atom stereocenters. The van der Waals surface area contributed by atoms with Crippen LogP contribution in [0.5, 0.6) is 0 Å². The molecule has 0 unspecified atom stereocenters. The fourth-order valence-corrected chi connectivity index (χ4v) is 6.07. The first-order valence-electron chi connectivity index (χ1n) is 11.3. The van der Waals surface area contributed by atoms with Gasteiger partial charge >= 0.3 is 17.1 Å². The van der Waals surface area contributed by atoms with Crippen molar-refractivity contribution in [1.82, 2.24) is 14.3 Å². The molecule has 2 aromatic carbocycles. The zero-order valence-corrected chi connectivity index (χ0v) is 19.6. The summed E-state index contributed by atoms with van der Waals surface area (Å²) in [6.07, 6.45) is 1.47. The lowest BCUT2D eigenvalue weighted by molar-refractivity contribution is -0.144. The molecule has 1 aromatic heterocycles. The standard InChI is InChI=1S/C24H27N3O6S/c1-2-33-22(28)15-19(16-6-4-3-5-7-16)17-10-12-27(13-11-17)34(31,32)18-8-9-20-21(14-18)26-24(30)23(29)25-20/h3-9,14,17,19H,2,10-13,15H2,1H3,(H,25,29)(H,26,30)/t19-/m0/s1. The van der Waals surface area contributed by atoms with E-state index >= 15 is 0 Å². The van der Waals surface area contributed by atoms with Crippen LogP contribution in [0.1, 0.15) is 37.7 Å². The quantitative estimate of drug-likeness (QED) is 0.390. The molecule has 0 amide bonds. The van der Waals surface area contributed by atoms with Crippen molar-refractivity contribution in [1.29, 1.82) is 0 Å². The number of carbonyl (C=O) groups is 1. The highest BCUT2D eigenvalue weighted by molar-refractivity contribution is 7.89. The largest absolute Gasteiger partial charge is 0.466 e. The summed E-state index contributed by atoms with van der Waals surface area (Å²) in [7, 11) is -3.79. The Bertz CT molecular complexity index is 1390. The third-order valence-electron chi connectivity index (χ3n) is 6.32. The maximum atomic E-state index is 13.3. The fourth-order valence-electron chi connectivity index (χ4n) is 4.58. The predicted molar refractivity (Wildman–Crippen MR) is 127 cm³/mol. The Morgan fingerprint density at radius 1 is 1.03 bits per heavy atom. The van der Waals surface area contributed by atoms with Crippen LogP contribution in [0.4, 0.5) is 0 Å². The summed E-state index contributed by atoms with van der Waals surface area (Å²) >= 11 is 0. The summed E-state index contributed by atoms with van der Waals surface area (Å²) in [6, 6.07) is 14.0. The van der Waals surface area contributed by atoms with E-state index in [4.69, 9.17) is 4.74 Å². The second-order valence-electron chi connectivity index (χ2n) is 8.38. The van der Waals surface area contributed by atoms with E-state index in [1.165, 1.54) is 22.5 Å². The summed E-state index contributed by atoms with van der Waals surface area (Å²) in [4.78, 5) is 40.3. The highest BCUT2D eigenvalue weighted by atomic mass is 32.2. The molecule has 3 aromatic rings. The van der Waals surface area contributed by atoms with Gasteiger partial charge in [0, 0.05) is 13.1 Å². The zero-order valence-electron chi connectivity index (χ0n) is 18.8. The summed E-state index contributed by atoms with van der Waals surface area (Å²) in [5, 5.41) is 0. The highest BCUT2D eigenvalue weighted by Gasteiger charge is 2.34. The average Bonchev–Trinajstić information content (AvgIpc) is 2.84. The highest BCUT2D eigenvalue weighted by Crippen LogP contribution is 2.37. The first-order chi connectivity index (χ1) is 16.3. The van der Waals surface area contributed by atoms with Crippen LogP contribution in [0.25, 0.3) is 11.0 Å². The summed E-state index contributed by atoms with van der Waals surface area (Å²) in [6.45, 7) is 2.74. The third-order valence-corrected chi connectivity index (χ3v) is 8.21. The van der Waals surface area contributed by atoms with Gasteiger partial charge in [-0.2, -0.15) is 4.31 Å². The van der Waals surface area contributed by atoms with Crippen LogP contribution >= 0.6 is 0 Å². The van der Waals surface area contributed by atoms with Gasteiger partial charge in [0.1, 0.15) is 0 Å². The Balaban J connectivity index is 1.53. The fraction of sp³-hybridized carbons (Fsp3) is 0.375. The molecule has 2 heterocycles. The SMILES string of the molecule is CCOC(=O)C[C@@H](c1ccccc1)C1CCN(S(=O)(=O)c2ccc3[nH]c(=O)c(=O)[nH]c3c2)CC1. The molecule has 0 aliphatic carbocycles. The minimum Gasteiger partial charge on any atom is -0.466 e. The van der Waals surface area contributed by atoms with Gasteiger partial charge in [-0.3, -0.25) is 14.4 Å². The summed E-state index contributed by atoms with van der Waals surface area (Å²) in [5.41, 5.74) is 0.0211. The van der Waals surface area contributed by atoms with Crippen molar-refractivity contribution < 1.29 is 17.9 Å². The Morgan fingerprint density at radius 3 is 2.32 bits per heavy atom. The minimum absolute atomic E-state index is 0.0484. The second-order valence-corrected chi connectivity index (χ2v) is 10.3. The van der Waals surface area contributed by atoms with Gasteiger partial charge in [0.25, 0.3) is 0 Å². The lowest BCUT2D eigenvalue weighted by Crippen LogP contribution is -2.40. The summed E-state index contributed by atoms with van der Waals surface area (Å²) < 4.78 is 33.2. The molecule has 1 saturated heterocycles. The molecule has 0 saturated carbocycles. The number of nitrogens with zero attached hydrogens (tertiary/aromatic N) is 1. The van der Waals surface area contributed by atoms with Crippen LogP contribution in [0.3, 0.4) is 0 Å². The van der Waals surface area contributed by atoms with E-state index in [9.17, 15) is 22.8 Å². The van der Waals surface area contributed by atoms with Gasteiger partial charge in [0.15, 0.2) is 0 Å². The van der Waals surface area contributed by atoms with Crippen molar-refractivity contribution in [3.8, 4) is 0 Å². The van der Waals surface area contributed by atoms with E-state index in [1.54, 1.807) is 6.92 Å². The number of sulfonamides is 1. The van der Waals surface area contributed by atoms with Gasteiger partial charge in [-0.05, 0) is 55.4 Å². The molecule has 34 heavy (non-hydrogen) atoms. The van der Waals surface area contributed by atoms with E-state index in [0.717, 1.165) is 5.56 Å². The molecule has 1 aliphatic rings. The average molecular weight is 486 g/mol. The van der Waals surface area contributed by atoms with Crippen molar-refractivity contribution in [3.63, 3.8) is 0 Å². The Kier molecular flexibility index (Phi) is 6.99. The van der Waals surface area contributed by atoms with E-state index in [1.807, 2.05) is 30.3 Å². The monoisotopic (exact) mass is 485 g/mol. The number of aromatic nitrogens is 2. The number of rotatable bonds is 7. The molecule has 2 N–H and O–H groups in total. The Hall–Kier alpha value is -3.24. The predicted octanol–water partition coefficient (Wildman–Crippen LogP) is 2.35. The second kappa shape index (κ2) is 9.94. The lowest BCUT2D eigenvalue weighted by Gasteiger charge is -2.35. The van der Waals surface area contributed by atoms with Crippen LogP contribution in [-0.4, -0.2) is 48.4 Å². The number of benzene rings is 2. The Labute approximate surface area is 196 Å². The molecule has 180 valence electrons. The molecule has 0 bridgehead atoms. The van der Waals surface area contributed by atoms with Crippen molar-refractivity contribution in [2.24, 2.45) is 5.92 Å². The number of piperidine rings is 1. The smallest absolute Gasteiger partial charge is 0.314 e. The van der Waals surface area contributed by atoms with Gasteiger partial charge in [-0.25, -0.2) is 8.42 Å². The third kappa shape index (κ3) is 4.97. The zero-order chi connectivity index (χ0) is 24.3. The van der Waals surface area contributed by atoms with Crippen LogP contribution in [0, 0.1) is 5.92 Å². The van der Waals surface area contributed by atoms with Gasteiger partial charge in [-0.1, -0.05) is 30.3 Å².